The molecule has 0 aliphatic heterocycles. The van der Waals surface area contributed by atoms with Crippen molar-refractivity contribution >= 4 is 17.2 Å². The first kappa shape index (κ1) is 18.1. The van der Waals surface area contributed by atoms with Gasteiger partial charge < -0.3 is 5.32 Å². The van der Waals surface area contributed by atoms with Crippen LogP contribution in [-0.4, -0.2) is 32.2 Å². The summed E-state index contributed by atoms with van der Waals surface area (Å²) in [5.41, 5.74) is 4.35. The first-order valence-corrected chi connectivity index (χ1v) is 9.82. The van der Waals surface area contributed by atoms with Crippen molar-refractivity contribution in [2.24, 2.45) is 0 Å². The zero-order chi connectivity index (χ0) is 19.3. The maximum Gasteiger partial charge on any atom is 0.270 e. The summed E-state index contributed by atoms with van der Waals surface area (Å²) in [6.45, 7) is 3.07. The highest BCUT2D eigenvalue weighted by atomic mass is 32.1. The van der Waals surface area contributed by atoms with E-state index in [0.717, 1.165) is 27.5 Å². The van der Waals surface area contributed by atoms with Crippen molar-refractivity contribution in [1.82, 2.24) is 25.1 Å². The van der Waals surface area contributed by atoms with Gasteiger partial charge in [-0.3, -0.25) is 14.5 Å². The summed E-state index contributed by atoms with van der Waals surface area (Å²) in [6.07, 6.45) is 3.53. The summed E-state index contributed by atoms with van der Waals surface area (Å²) in [6, 6.07) is 15.7. The summed E-state index contributed by atoms with van der Waals surface area (Å²) >= 11 is 1.47. The van der Waals surface area contributed by atoms with E-state index < -0.39 is 0 Å². The molecule has 28 heavy (non-hydrogen) atoms. The number of aryl methyl sites for hydroxylation is 1. The molecule has 0 spiro atoms. The highest BCUT2D eigenvalue weighted by Gasteiger charge is 2.12. The van der Waals surface area contributed by atoms with E-state index in [2.05, 4.69) is 20.4 Å². The van der Waals surface area contributed by atoms with Gasteiger partial charge >= 0.3 is 0 Å². The van der Waals surface area contributed by atoms with Crippen molar-refractivity contribution in [3.8, 4) is 21.8 Å². The number of hydrogen-bond acceptors (Lipinski definition) is 5. The maximum absolute atomic E-state index is 12.4. The minimum Gasteiger partial charge on any atom is -0.349 e. The molecule has 0 unspecified atom stereocenters. The molecule has 0 aliphatic rings. The van der Waals surface area contributed by atoms with Crippen LogP contribution in [0.1, 0.15) is 16.2 Å². The Kier molecular flexibility index (Phi) is 5.25. The third-order valence-electron chi connectivity index (χ3n) is 4.31. The second-order valence-corrected chi connectivity index (χ2v) is 7.15. The van der Waals surface area contributed by atoms with Crippen LogP contribution in [0.3, 0.4) is 0 Å². The van der Waals surface area contributed by atoms with Crippen LogP contribution in [0.15, 0.2) is 66.3 Å². The molecule has 0 saturated heterocycles. The van der Waals surface area contributed by atoms with E-state index in [-0.39, 0.29) is 5.91 Å². The number of pyridine rings is 1. The molecule has 140 valence electrons. The van der Waals surface area contributed by atoms with E-state index in [9.17, 15) is 4.79 Å². The van der Waals surface area contributed by atoms with Crippen LogP contribution < -0.4 is 5.32 Å². The number of hydrogen-bond donors (Lipinski definition) is 1. The Bertz CT molecular complexity index is 1070. The molecule has 0 radical (unpaired) electrons. The molecule has 0 saturated carbocycles. The van der Waals surface area contributed by atoms with Crippen molar-refractivity contribution < 1.29 is 4.79 Å². The number of nitrogens with one attached hydrogen (secondary N) is 1. The molecule has 0 atom stereocenters. The fraction of sp³-hybridized carbons (Fsp3) is 0.143. The lowest BCUT2D eigenvalue weighted by atomic mass is 10.2. The number of aromatic nitrogens is 4. The fourth-order valence-electron chi connectivity index (χ4n) is 2.85. The Hall–Kier alpha value is -3.32. The Morgan fingerprint density at radius 1 is 1.14 bits per heavy atom. The highest BCUT2D eigenvalue weighted by molar-refractivity contribution is 7.13. The predicted octanol–water partition coefficient (Wildman–Crippen LogP) is 3.81. The normalized spacial score (nSPS) is 10.8. The van der Waals surface area contributed by atoms with Crippen LogP contribution in [0.5, 0.6) is 0 Å². The fourth-order valence-corrected chi connectivity index (χ4v) is 3.66. The predicted molar refractivity (Wildman–Crippen MR) is 110 cm³/mol. The van der Waals surface area contributed by atoms with Crippen LogP contribution in [-0.2, 0) is 6.54 Å². The number of carbonyl (C=O) groups is 1. The van der Waals surface area contributed by atoms with Crippen molar-refractivity contribution in [2.45, 2.75) is 13.5 Å². The number of thiazole rings is 1. The van der Waals surface area contributed by atoms with E-state index in [1.807, 2.05) is 60.1 Å². The zero-order valence-corrected chi connectivity index (χ0v) is 16.2. The van der Waals surface area contributed by atoms with E-state index in [4.69, 9.17) is 0 Å². The minimum atomic E-state index is -0.171. The van der Waals surface area contributed by atoms with Gasteiger partial charge in [-0.05, 0) is 25.1 Å². The molecule has 6 nitrogen and oxygen atoms in total. The quantitative estimate of drug-likeness (QED) is 0.544. The Balaban J connectivity index is 1.36. The molecular weight excluding hydrogens is 370 g/mol. The molecule has 3 aromatic heterocycles. The molecule has 1 N–H and O–H groups in total. The van der Waals surface area contributed by atoms with Crippen molar-refractivity contribution in [1.29, 1.82) is 0 Å². The van der Waals surface area contributed by atoms with Crippen LogP contribution in [0, 0.1) is 6.92 Å². The van der Waals surface area contributed by atoms with E-state index >= 15 is 0 Å². The maximum atomic E-state index is 12.4. The van der Waals surface area contributed by atoms with Gasteiger partial charge in [-0.2, -0.15) is 5.10 Å². The van der Waals surface area contributed by atoms with Crippen molar-refractivity contribution in [3.05, 3.63) is 77.7 Å². The monoisotopic (exact) mass is 389 g/mol. The minimum absolute atomic E-state index is 0.171. The molecule has 1 aromatic carbocycles. The number of nitrogens with zero attached hydrogens (tertiary/aromatic N) is 4. The molecule has 4 aromatic rings. The number of carbonyl (C=O) groups excluding carboxylic acids is 1. The lowest BCUT2D eigenvalue weighted by Crippen LogP contribution is -2.28. The van der Waals surface area contributed by atoms with Gasteiger partial charge in [0.1, 0.15) is 10.7 Å². The molecule has 7 heteroatoms. The summed E-state index contributed by atoms with van der Waals surface area (Å²) in [4.78, 5) is 21.0. The Labute approximate surface area is 166 Å². The molecule has 4 rings (SSSR count). The average molecular weight is 389 g/mol. The number of benzene rings is 1. The molecule has 0 bridgehead atoms. The highest BCUT2D eigenvalue weighted by Crippen LogP contribution is 2.23. The lowest BCUT2D eigenvalue weighted by molar-refractivity contribution is 0.0947. The first-order valence-electron chi connectivity index (χ1n) is 8.95. The number of rotatable bonds is 6. The summed E-state index contributed by atoms with van der Waals surface area (Å²) < 4.78 is 1.89. The summed E-state index contributed by atoms with van der Waals surface area (Å²) in [5.74, 6) is -0.171. The van der Waals surface area contributed by atoms with Gasteiger partial charge in [-0.15, -0.1) is 11.3 Å². The van der Waals surface area contributed by atoms with Crippen LogP contribution in [0.2, 0.25) is 0 Å². The summed E-state index contributed by atoms with van der Waals surface area (Å²) in [7, 11) is 0. The standard InChI is InChI=1S/C21H19N5OS/c1-15-12-18(17-8-5-9-22-13-17)25-26(15)11-10-23-20(27)19-14-28-21(24-19)16-6-3-2-4-7-16/h2-9,12-14H,10-11H2,1H3,(H,23,27). The molecule has 0 fully saturated rings. The second-order valence-electron chi connectivity index (χ2n) is 6.30. The van der Waals surface area contributed by atoms with Crippen molar-refractivity contribution in [2.75, 3.05) is 6.54 Å². The average Bonchev–Trinajstić information content (AvgIpc) is 3.37. The largest absolute Gasteiger partial charge is 0.349 e. The Morgan fingerprint density at radius 3 is 2.75 bits per heavy atom. The smallest absolute Gasteiger partial charge is 0.270 e. The van der Waals surface area contributed by atoms with Crippen LogP contribution in [0.25, 0.3) is 21.8 Å². The Morgan fingerprint density at radius 2 is 1.96 bits per heavy atom. The van der Waals surface area contributed by atoms with Crippen LogP contribution in [0.4, 0.5) is 0 Å². The molecular formula is C21H19N5OS. The van der Waals surface area contributed by atoms with E-state index in [0.29, 0.717) is 18.8 Å². The molecule has 0 aliphatic carbocycles. The first-order chi connectivity index (χ1) is 13.7. The van der Waals surface area contributed by atoms with Gasteiger partial charge in [0.25, 0.3) is 5.91 Å². The zero-order valence-electron chi connectivity index (χ0n) is 15.4. The van der Waals surface area contributed by atoms with Gasteiger partial charge in [0, 0.05) is 41.1 Å². The van der Waals surface area contributed by atoms with Gasteiger partial charge in [-0.25, -0.2) is 4.98 Å². The third-order valence-corrected chi connectivity index (χ3v) is 5.20. The topological polar surface area (TPSA) is 72.7 Å². The van der Waals surface area contributed by atoms with Gasteiger partial charge in [-0.1, -0.05) is 30.3 Å². The second kappa shape index (κ2) is 8.14. The summed E-state index contributed by atoms with van der Waals surface area (Å²) in [5, 5.41) is 10.2. The van der Waals surface area contributed by atoms with Gasteiger partial charge in [0.2, 0.25) is 0 Å². The van der Waals surface area contributed by atoms with Crippen molar-refractivity contribution in [3.63, 3.8) is 0 Å². The number of amides is 1. The van der Waals surface area contributed by atoms with E-state index in [1.165, 1.54) is 11.3 Å². The van der Waals surface area contributed by atoms with Crippen LogP contribution >= 0.6 is 11.3 Å². The molecule has 3 heterocycles. The lowest BCUT2D eigenvalue weighted by Gasteiger charge is -2.05. The molecule has 1 amide bonds. The SMILES string of the molecule is Cc1cc(-c2cccnc2)nn1CCNC(=O)c1csc(-c2ccccc2)n1. The van der Waals surface area contributed by atoms with Gasteiger partial charge in [0.05, 0.1) is 12.2 Å². The van der Waals surface area contributed by atoms with Gasteiger partial charge in [0.15, 0.2) is 0 Å². The third kappa shape index (κ3) is 3.99. The van der Waals surface area contributed by atoms with E-state index in [1.54, 1.807) is 17.8 Å².